The lowest BCUT2D eigenvalue weighted by Crippen LogP contribution is -2.55. The third kappa shape index (κ3) is 6.07. The third-order valence-corrected chi connectivity index (χ3v) is 5.51. The number of benzene rings is 1. The molecule has 0 unspecified atom stereocenters. The topological polar surface area (TPSA) is 64.7 Å². The van der Waals surface area contributed by atoms with Gasteiger partial charge in [-0.25, -0.2) is 0 Å². The number of hydrogen-bond acceptors (Lipinski definition) is 4. The molecule has 1 saturated carbocycles. The molecule has 3 rings (SSSR count). The number of alkyl halides is 3. The number of hydrogen-bond donors (Lipinski definition) is 2. The van der Waals surface area contributed by atoms with Gasteiger partial charge in [-0.3, -0.25) is 19.4 Å². The Bertz CT molecular complexity index is 762. The highest BCUT2D eigenvalue weighted by atomic mass is 35.5. The maximum absolute atomic E-state index is 12.9. The average molecular weight is 433 g/mol. The van der Waals surface area contributed by atoms with Crippen LogP contribution in [-0.4, -0.2) is 66.4 Å². The van der Waals surface area contributed by atoms with Gasteiger partial charge in [0.15, 0.2) is 0 Å². The molecule has 0 spiro atoms. The Morgan fingerprint density at radius 2 is 1.86 bits per heavy atom. The van der Waals surface area contributed by atoms with E-state index in [0.717, 1.165) is 25.0 Å². The van der Waals surface area contributed by atoms with Gasteiger partial charge in [0, 0.05) is 37.9 Å². The van der Waals surface area contributed by atoms with E-state index in [1.807, 2.05) is 11.8 Å². The monoisotopic (exact) mass is 432 g/mol. The van der Waals surface area contributed by atoms with E-state index in [-0.39, 0.29) is 24.2 Å². The highest BCUT2D eigenvalue weighted by molar-refractivity contribution is 6.31. The number of piperazine rings is 1. The zero-order valence-electron chi connectivity index (χ0n) is 16.1. The largest absolute Gasteiger partial charge is 0.417 e. The van der Waals surface area contributed by atoms with Crippen LogP contribution in [0.5, 0.6) is 0 Å². The number of halogens is 4. The van der Waals surface area contributed by atoms with Gasteiger partial charge in [-0.05, 0) is 38.0 Å². The molecule has 0 radical (unpaired) electrons. The first kappa shape index (κ1) is 21.9. The number of rotatable bonds is 6. The van der Waals surface area contributed by atoms with Gasteiger partial charge in [0.05, 0.1) is 23.2 Å². The summed E-state index contributed by atoms with van der Waals surface area (Å²) < 4.78 is 38.8. The highest BCUT2D eigenvalue weighted by Crippen LogP contribution is 2.36. The van der Waals surface area contributed by atoms with E-state index in [1.54, 1.807) is 0 Å². The quantitative estimate of drug-likeness (QED) is 0.725. The minimum absolute atomic E-state index is 0.0295. The Morgan fingerprint density at radius 3 is 2.45 bits per heavy atom. The molecule has 2 aliphatic rings. The zero-order chi connectivity index (χ0) is 21.2. The van der Waals surface area contributed by atoms with Gasteiger partial charge in [0.1, 0.15) is 0 Å². The molecule has 2 fully saturated rings. The fourth-order valence-electron chi connectivity index (χ4n) is 3.25. The van der Waals surface area contributed by atoms with Gasteiger partial charge >= 0.3 is 6.18 Å². The predicted octanol–water partition coefficient (Wildman–Crippen LogP) is 2.58. The molecule has 1 atom stereocenters. The van der Waals surface area contributed by atoms with Gasteiger partial charge in [-0.1, -0.05) is 11.6 Å². The summed E-state index contributed by atoms with van der Waals surface area (Å²) in [4.78, 5) is 28.4. The first-order chi connectivity index (χ1) is 13.6. The van der Waals surface area contributed by atoms with Crippen molar-refractivity contribution >= 4 is 29.1 Å². The van der Waals surface area contributed by atoms with E-state index in [1.165, 1.54) is 6.07 Å². The normalized spacial score (nSPS) is 19.6. The van der Waals surface area contributed by atoms with E-state index in [0.29, 0.717) is 32.2 Å². The lowest BCUT2D eigenvalue weighted by molar-refractivity contribution is -0.137. The van der Waals surface area contributed by atoms with Crippen molar-refractivity contribution in [2.45, 2.75) is 38.0 Å². The molecule has 160 valence electrons. The predicted molar refractivity (Wildman–Crippen MR) is 104 cm³/mol. The number of nitrogens with zero attached hydrogens (tertiary/aromatic N) is 2. The second-order valence-corrected chi connectivity index (χ2v) is 7.92. The summed E-state index contributed by atoms with van der Waals surface area (Å²) in [6.45, 7) is 4.43. The van der Waals surface area contributed by atoms with Crippen LogP contribution in [0, 0.1) is 0 Å². The van der Waals surface area contributed by atoms with E-state index < -0.39 is 22.7 Å². The molecular formula is C19H24ClF3N4O2. The molecular weight excluding hydrogens is 409 g/mol. The molecule has 10 heteroatoms. The van der Waals surface area contributed by atoms with Crippen LogP contribution in [-0.2, 0) is 15.8 Å². The van der Waals surface area contributed by atoms with Crippen molar-refractivity contribution in [2.24, 2.45) is 0 Å². The summed E-state index contributed by atoms with van der Waals surface area (Å²) in [5.41, 5.74) is -0.931. The summed E-state index contributed by atoms with van der Waals surface area (Å²) in [7, 11) is 0. The van der Waals surface area contributed by atoms with Crippen LogP contribution in [0.15, 0.2) is 18.2 Å². The SMILES string of the molecule is C[C@H](C(=O)NC1CC1)N1CCN(CC(=O)Nc2ccc(Cl)c(C(F)(F)F)c2)CC1. The smallest absolute Gasteiger partial charge is 0.352 e. The molecule has 0 bridgehead atoms. The molecule has 1 heterocycles. The van der Waals surface area contributed by atoms with Crippen LogP contribution in [0.4, 0.5) is 18.9 Å². The van der Waals surface area contributed by atoms with Crippen LogP contribution >= 0.6 is 11.6 Å². The minimum Gasteiger partial charge on any atom is -0.352 e. The minimum atomic E-state index is -4.59. The van der Waals surface area contributed by atoms with Crippen LogP contribution in [0.25, 0.3) is 0 Å². The molecule has 29 heavy (non-hydrogen) atoms. The Kier molecular flexibility index (Phi) is 6.70. The summed E-state index contributed by atoms with van der Waals surface area (Å²) in [6.07, 6.45) is -2.50. The molecule has 2 N–H and O–H groups in total. The number of carbonyl (C=O) groups excluding carboxylic acids is 2. The van der Waals surface area contributed by atoms with Crippen LogP contribution in [0.1, 0.15) is 25.3 Å². The first-order valence-electron chi connectivity index (χ1n) is 9.57. The molecule has 1 aromatic carbocycles. The number of carbonyl (C=O) groups is 2. The molecule has 6 nitrogen and oxygen atoms in total. The fraction of sp³-hybridized carbons (Fsp3) is 0.579. The van der Waals surface area contributed by atoms with Crippen LogP contribution < -0.4 is 10.6 Å². The van der Waals surface area contributed by atoms with Crippen molar-refractivity contribution in [1.82, 2.24) is 15.1 Å². The molecule has 2 amide bonds. The maximum atomic E-state index is 12.9. The van der Waals surface area contributed by atoms with E-state index in [4.69, 9.17) is 11.6 Å². The van der Waals surface area contributed by atoms with Crippen LogP contribution in [0.2, 0.25) is 5.02 Å². The zero-order valence-corrected chi connectivity index (χ0v) is 16.8. The summed E-state index contributed by atoms with van der Waals surface area (Å²) >= 11 is 5.59. The third-order valence-electron chi connectivity index (χ3n) is 5.18. The summed E-state index contributed by atoms with van der Waals surface area (Å²) in [6, 6.07) is 3.39. The van der Waals surface area contributed by atoms with Gasteiger partial charge in [0.2, 0.25) is 11.8 Å². The van der Waals surface area contributed by atoms with Gasteiger partial charge in [-0.15, -0.1) is 0 Å². The number of anilines is 1. The summed E-state index contributed by atoms with van der Waals surface area (Å²) in [5, 5.41) is 5.07. The molecule has 1 saturated heterocycles. The van der Waals surface area contributed by atoms with E-state index in [2.05, 4.69) is 15.5 Å². The van der Waals surface area contributed by atoms with Gasteiger partial charge < -0.3 is 10.6 Å². The van der Waals surface area contributed by atoms with Gasteiger partial charge in [0.25, 0.3) is 0 Å². The van der Waals surface area contributed by atoms with Crippen molar-refractivity contribution in [2.75, 3.05) is 38.0 Å². The van der Waals surface area contributed by atoms with E-state index >= 15 is 0 Å². The molecule has 1 aliphatic heterocycles. The van der Waals surface area contributed by atoms with Crippen LogP contribution in [0.3, 0.4) is 0 Å². The Hall–Kier alpha value is -1.84. The lowest BCUT2D eigenvalue weighted by atomic mass is 10.2. The fourth-order valence-corrected chi connectivity index (χ4v) is 3.47. The van der Waals surface area contributed by atoms with Crippen molar-refractivity contribution in [3.05, 3.63) is 28.8 Å². The van der Waals surface area contributed by atoms with Crippen molar-refractivity contribution in [3.8, 4) is 0 Å². The maximum Gasteiger partial charge on any atom is 0.417 e. The second kappa shape index (κ2) is 8.89. The first-order valence-corrected chi connectivity index (χ1v) is 9.94. The lowest BCUT2D eigenvalue weighted by Gasteiger charge is -2.37. The van der Waals surface area contributed by atoms with Crippen molar-refractivity contribution in [3.63, 3.8) is 0 Å². The number of nitrogens with one attached hydrogen (secondary N) is 2. The van der Waals surface area contributed by atoms with Gasteiger partial charge in [-0.2, -0.15) is 13.2 Å². The van der Waals surface area contributed by atoms with Crippen molar-refractivity contribution < 1.29 is 22.8 Å². The molecule has 0 aromatic heterocycles. The molecule has 1 aliphatic carbocycles. The van der Waals surface area contributed by atoms with E-state index in [9.17, 15) is 22.8 Å². The Morgan fingerprint density at radius 1 is 1.21 bits per heavy atom. The average Bonchev–Trinajstić information content (AvgIpc) is 3.46. The Balaban J connectivity index is 1.47. The van der Waals surface area contributed by atoms with Crippen molar-refractivity contribution in [1.29, 1.82) is 0 Å². The number of amides is 2. The highest BCUT2D eigenvalue weighted by Gasteiger charge is 2.34. The molecule has 1 aromatic rings. The Labute approximate surface area is 172 Å². The standard InChI is InChI=1S/C19H24ClF3N4O2/c1-12(18(29)25-13-2-3-13)27-8-6-26(7-9-27)11-17(28)24-14-4-5-16(20)15(10-14)19(21,22)23/h4-5,10,12-13H,2-3,6-9,11H2,1H3,(H,24,28)(H,25,29)/t12-/m1/s1. The summed E-state index contributed by atoms with van der Waals surface area (Å²) in [5.74, 6) is -0.365. The second-order valence-electron chi connectivity index (χ2n) is 7.51.